The lowest BCUT2D eigenvalue weighted by molar-refractivity contribution is -0.133. The van der Waals surface area contributed by atoms with Crippen LogP contribution in [0.2, 0.25) is 0 Å². The molecule has 8 atom stereocenters. The van der Waals surface area contributed by atoms with Crippen molar-refractivity contribution in [2.24, 2.45) is 45.3 Å². The molecule has 23 N–H and O–H groups in total. The zero-order valence-electron chi connectivity index (χ0n) is 47.6. The number of amides is 13. The maximum Gasteiger partial charge on any atom is 0.322 e. The van der Waals surface area contributed by atoms with Crippen molar-refractivity contribution in [2.75, 3.05) is 26.2 Å². The van der Waals surface area contributed by atoms with Crippen LogP contribution in [0.5, 0.6) is 0 Å². The Bertz CT molecular complexity index is 3100. The molecule has 0 aliphatic heterocycles. The average Bonchev–Trinajstić information content (AvgIpc) is 2.79. The molecule has 30 nitrogen and oxygen atoms in total. The summed E-state index contributed by atoms with van der Waals surface area (Å²) in [6, 6.07) is 9.56. The molecule has 1 aromatic heterocycles. The SMILES string of the molecule is CCC[C@H](NC(=O)[C@H](Cc1ccc2ccccc2c1)NC(=O)S[C@H](NC(=O)CNC(=O)[C@H](Cc1c[nH]c2ccccc12)NC(=O)[C@@H](C)CCCCN)C(N)=O)C(=O)N[C@@H](CO)C(=O)NC(=O)N[C@@H](CCCN=C(N)N)C(=O)N[C@@H](CC(N)=O)C(N)=O. The zero-order valence-corrected chi connectivity index (χ0v) is 48.4. The molecule has 0 aliphatic carbocycles. The largest absolute Gasteiger partial charge is 0.394 e. The molecule has 0 unspecified atom stereocenters. The van der Waals surface area contributed by atoms with Gasteiger partial charge < -0.3 is 87.0 Å². The third kappa shape index (κ3) is 23.0. The number of fused-ring (bicyclic) bond motifs is 2. The Balaban J connectivity index is 1.47. The maximum absolute atomic E-state index is 14.3. The average molecular weight is 1220 g/mol. The van der Waals surface area contributed by atoms with Gasteiger partial charge in [-0.2, -0.15) is 0 Å². The third-order valence-corrected chi connectivity index (χ3v) is 14.1. The van der Waals surface area contributed by atoms with Gasteiger partial charge in [-0.1, -0.05) is 87.4 Å². The number of aliphatic imine (C=N–C) groups is 1. The first-order valence-corrected chi connectivity index (χ1v) is 28.4. The summed E-state index contributed by atoms with van der Waals surface area (Å²) in [5, 5.41) is 31.1. The summed E-state index contributed by atoms with van der Waals surface area (Å²) in [5.41, 5.74) is 34.5. The molecule has 13 amide bonds. The molecule has 0 saturated carbocycles. The third-order valence-electron chi connectivity index (χ3n) is 13.2. The summed E-state index contributed by atoms with van der Waals surface area (Å²) in [6.07, 6.45) is 2.85. The number of aliphatic hydroxyl groups is 1. The molecule has 4 aromatic rings. The number of aliphatic hydroxyl groups excluding tert-OH is 1. The van der Waals surface area contributed by atoms with E-state index in [1.165, 1.54) is 0 Å². The van der Waals surface area contributed by atoms with Crippen molar-refractivity contribution < 1.29 is 62.6 Å². The van der Waals surface area contributed by atoms with Gasteiger partial charge in [-0.15, -0.1) is 0 Å². The first kappa shape index (κ1) is 69.1. The van der Waals surface area contributed by atoms with Crippen LogP contribution in [0.4, 0.5) is 9.59 Å². The quantitative estimate of drug-likeness (QED) is 0.00949. The Labute approximate surface area is 498 Å². The fourth-order valence-electron chi connectivity index (χ4n) is 8.67. The van der Waals surface area contributed by atoms with Gasteiger partial charge >= 0.3 is 6.03 Å². The van der Waals surface area contributed by atoms with Gasteiger partial charge in [-0.25, -0.2) is 4.79 Å². The first-order valence-electron chi connectivity index (χ1n) is 27.6. The number of primary amides is 3. The molecule has 0 spiro atoms. The molecule has 4 rings (SSSR count). The predicted molar refractivity (Wildman–Crippen MR) is 319 cm³/mol. The van der Waals surface area contributed by atoms with Gasteiger partial charge in [0.25, 0.3) is 17.1 Å². The highest BCUT2D eigenvalue weighted by molar-refractivity contribution is 8.14. The number of aromatic nitrogens is 1. The first-order chi connectivity index (χ1) is 40.9. The number of para-hydroxylation sites is 1. The summed E-state index contributed by atoms with van der Waals surface area (Å²) in [5.74, 6) is -10.4. The van der Waals surface area contributed by atoms with Gasteiger partial charge in [-0.05, 0) is 78.4 Å². The summed E-state index contributed by atoms with van der Waals surface area (Å²) in [6.45, 7) is 2.02. The lowest BCUT2D eigenvalue weighted by Crippen LogP contribution is -2.59. The normalized spacial score (nSPS) is 13.8. The molecule has 0 fully saturated rings. The van der Waals surface area contributed by atoms with Crippen molar-refractivity contribution in [3.8, 4) is 0 Å². The van der Waals surface area contributed by atoms with Crippen LogP contribution in [0.25, 0.3) is 21.7 Å². The Morgan fingerprint density at radius 3 is 1.90 bits per heavy atom. The number of hydrogen-bond donors (Lipinski definition) is 17. The smallest absolute Gasteiger partial charge is 0.322 e. The number of H-pyrrole nitrogens is 1. The van der Waals surface area contributed by atoms with Crippen LogP contribution in [0, 0.1) is 5.92 Å². The van der Waals surface area contributed by atoms with E-state index in [4.69, 9.17) is 34.4 Å². The van der Waals surface area contributed by atoms with Crippen LogP contribution in [-0.4, -0.2) is 154 Å². The molecule has 0 aliphatic rings. The van der Waals surface area contributed by atoms with Gasteiger partial charge in [0.2, 0.25) is 47.3 Å². The lowest BCUT2D eigenvalue weighted by Gasteiger charge is -2.25. The predicted octanol–water partition coefficient (Wildman–Crippen LogP) is -2.93. The van der Waals surface area contributed by atoms with E-state index in [0.717, 1.165) is 21.7 Å². The van der Waals surface area contributed by atoms with E-state index in [9.17, 15) is 62.6 Å². The van der Waals surface area contributed by atoms with Crippen molar-refractivity contribution >= 4 is 110 Å². The number of urea groups is 1. The topological polar surface area (TPSA) is 518 Å². The number of nitrogens with one attached hydrogen (secondary N) is 10. The number of aromatic amines is 1. The van der Waals surface area contributed by atoms with E-state index in [0.29, 0.717) is 36.9 Å². The van der Waals surface area contributed by atoms with Crippen molar-refractivity contribution in [3.05, 3.63) is 84.1 Å². The highest BCUT2D eigenvalue weighted by Gasteiger charge is 2.33. The summed E-state index contributed by atoms with van der Waals surface area (Å²) in [7, 11) is 0. The van der Waals surface area contributed by atoms with Crippen LogP contribution in [-0.2, 0) is 60.8 Å². The Morgan fingerprint density at radius 1 is 0.616 bits per heavy atom. The van der Waals surface area contributed by atoms with E-state index >= 15 is 0 Å². The lowest BCUT2D eigenvalue weighted by atomic mass is 10.0. The van der Waals surface area contributed by atoms with Crippen molar-refractivity contribution in [2.45, 2.75) is 120 Å². The van der Waals surface area contributed by atoms with Crippen LogP contribution in [0.15, 0.2) is 77.9 Å². The minimum Gasteiger partial charge on any atom is -0.394 e. The number of guanidine groups is 1. The molecule has 466 valence electrons. The summed E-state index contributed by atoms with van der Waals surface area (Å²) < 4.78 is 0. The molecule has 1 heterocycles. The second-order valence-electron chi connectivity index (χ2n) is 20.1. The Hall–Kier alpha value is -9.36. The number of imide groups is 1. The van der Waals surface area contributed by atoms with E-state index in [1.54, 1.807) is 44.3 Å². The molecule has 0 bridgehead atoms. The molecule has 86 heavy (non-hydrogen) atoms. The molecular formula is C55H77N17O13S. The standard InChI is InChI=1S/C55H77N17O13S/c1-3-11-36(48(80)68-41(28-73)51(83)72-54(84)69-37(17-10-21-62-53(60)61)49(81)66-38(44(58)76)25-42(57)74)65-50(82)39(23-30-18-19-31-13-4-5-14-32(31)22-30)70-55(85)86-52(45(59)77)71-43(75)27-64-47(79)40(67-46(78)29(2)12-8-9-20-56)24-33-26-63-35-16-7-6-15-34(33)35/h4-7,13-16,18-19,22,26,29,36-41,52,63,73H,3,8-12,17,20-21,23-25,27-28,56H2,1-2H3,(H2,57,74)(H2,58,76)(H2,59,77)(H,64,79)(H,65,82)(H,66,81)(H,67,78)(H,68,80)(H,70,85)(H,71,75)(H4,60,61,62)(H2,69,72,83,84)/t29-,36-,37-,38-,39-,40-,41-,52-/m0/s1. The molecule has 3 aromatic carbocycles. The molecule has 0 saturated heterocycles. The number of carbonyl (C=O) groups is 12. The minimum atomic E-state index is -1.84. The number of rotatable bonds is 35. The minimum absolute atomic E-state index is 0.0190. The van der Waals surface area contributed by atoms with Gasteiger partial charge in [0.1, 0.15) is 36.3 Å². The van der Waals surface area contributed by atoms with E-state index in [-0.39, 0.29) is 62.8 Å². The van der Waals surface area contributed by atoms with E-state index in [1.807, 2.05) is 47.8 Å². The molecular weight excluding hydrogens is 1140 g/mol. The van der Waals surface area contributed by atoms with Gasteiger partial charge in [0.05, 0.1) is 19.6 Å². The molecule has 0 radical (unpaired) electrons. The van der Waals surface area contributed by atoms with Gasteiger partial charge in [-0.3, -0.25) is 63.0 Å². The number of benzene rings is 3. The number of nitrogens with zero attached hydrogens (tertiary/aromatic N) is 1. The fourth-order valence-corrected chi connectivity index (χ4v) is 9.40. The second-order valence-corrected chi connectivity index (χ2v) is 21.1. The second kappa shape index (κ2) is 35.1. The van der Waals surface area contributed by atoms with Crippen LogP contribution < -0.4 is 82.3 Å². The number of thioether (sulfide) groups is 1. The van der Waals surface area contributed by atoms with Crippen LogP contribution in [0.3, 0.4) is 0 Å². The van der Waals surface area contributed by atoms with Gasteiger partial charge in [0.15, 0.2) is 11.3 Å². The zero-order chi connectivity index (χ0) is 63.5. The van der Waals surface area contributed by atoms with Crippen molar-refractivity contribution in [3.63, 3.8) is 0 Å². The Morgan fingerprint density at radius 2 is 1.24 bits per heavy atom. The number of carbonyl (C=O) groups excluding carboxylic acids is 12. The Kier molecular flexibility index (Phi) is 28.2. The fraction of sp³-hybridized carbons (Fsp3) is 0.436. The highest BCUT2D eigenvalue weighted by Crippen LogP contribution is 2.21. The van der Waals surface area contributed by atoms with E-state index in [2.05, 4.69) is 52.5 Å². The van der Waals surface area contributed by atoms with Crippen molar-refractivity contribution in [1.29, 1.82) is 0 Å². The highest BCUT2D eigenvalue weighted by atomic mass is 32.2. The van der Waals surface area contributed by atoms with Crippen LogP contribution >= 0.6 is 11.8 Å². The number of nitrogens with two attached hydrogens (primary N) is 6. The number of unbranched alkanes of at least 4 members (excludes halogenated alkanes) is 1. The number of hydrogen-bond acceptors (Lipinski definition) is 16. The monoisotopic (exact) mass is 1220 g/mol. The van der Waals surface area contributed by atoms with E-state index < -0.39 is 137 Å². The maximum atomic E-state index is 14.3. The van der Waals surface area contributed by atoms with Crippen LogP contribution in [0.1, 0.15) is 76.3 Å². The summed E-state index contributed by atoms with van der Waals surface area (Å²) in [4.78, 5) is 165. The molecule has 31 heteroatoms. The van der Waals surface area contributed by atoms with Crippen molar-refractivity contribution in [1.82, 2.24) is 52.8 Å². The van der Waals surface area contributed by atoms with Gasteiger partial charge in [0, 0.05) is 42.4 Å². The summed E-state index contributed by atoms with van der Waals surface area (Å²) >= 11 is 0.202.